The van der Waals surface area contributed by atoms with Gasteiger partial charge in [0.05, 0.1) is 20.6 Å². The molecule has 0 fully saturated rings. The van der Waals surface area contributed by atoms with E-state index in [9.17, 15) is 0 Å². The largest absolute Gasteiger partial charge is 0.325 e. The lowest BCUT2D eigenvalue weighted by atomic mass is 10.1. The van der Waals surface area contributed by atoms with Gasteiger partial charge in [0.2, 0.25) is 0 Å². The van der Waals surface area contributed by atoms with Crippen LogP contribution in [0.15, 0.2) is 30.3 Å². The molecule has 0 saturated carbocycles. The lowest BCUT2D eigenvalue weighted by molar-refractivity contribution is -0.903. The van der Waals surface area contributed by atoms with Crippen molar-refractivity contribution in [3.8, 4) is 0 Å². The van der Waals surface area contributed by atoms with E-state index >= 15 is 0 Å². The molecule has 0 amide bonds. The molecule has 3 heteroatoms. The van der Waals surface area contributed by atoms with Crippen LogP contribution in [0.25, 0.3) is 0 Å². The first kappa shape index (κ1) is 17.4. The van der Waals surface area contributed by atoms with Crippen LogP contribution in [0.4, 0.5) is 0 Å². The zero-order valence-corrected chi connectivity index (χ0v) is 14.2. The van der Waals surface area contributed by atoms with E-state index in [0.717, 1.165) is 23.6 Å². The Bertz CT molecular complexity index is 338. The van der Waals surface area contributed by atoms with Crippen LogP contribution in [-0.4, -0.2) is 48.5 Å². The molecule has 0 heterocycles. The highest BCUT2D eigenvalue weighted by atomic mass is 28.1. The highest BCUT2D eigenvalue weighted by molar-refractivity contribution is 6.08. The Labute approximate surface area is 128 Å². The van der Waals surface area contributed by atoms with Gasteiger partial charge in [-0.05, 0) is 38.8 Å². The van der Waals surface area contributed by atoms with Crippen LogP contribution in [-0.2, 0) is 6.54 Å². The number of benzene rings is 1. The van der Waals surface area contributed by atoms with Gasteiger partial charge in [0.15, 0.2) is 0 Å². The molecule has 0 aliphatic heterocycles. The summed E-state index contributed by atoms with van der Waals surface area (Å²) in [5.74, 6) is 0. The van der Waals surface area contributed by atoms with Crippen LogP contribution in [0, 0.1) is 0 Å². The Kier molecular flexibility index (Phi) is 8.82. The second-order valence-corrected chi connectivity index (χ2v) is 6.72. The second kappa shape index (κ2) is 10.1. The number of nitrogens with zero attached hydrogens (tertiary/aromatic N) is 1. The van der Waals surface area contributed by atoms with E-state index in [0.29, 0.717) is 0 Å². The van der Waals surface area contributed by atoms with Crippen molar-refractivity contribution >= 4 is 10.2 Å². The fourth-order valence-electron chi connectivity index (χ4n) is 2.46. The van der Waals surface area contributed by atoms with E-state index in [-0.39, 0.29) is 0 Å². The average Bonchev–Trinajstić information content (AvgIpc) is 2.42. The molecule has 111 valence electrons. The molecule has 0 bridgehead atoms. The van der Waals surface area contributed by atoms with Crippen molar-refractivity contribution in [2.24, 2.45) is 0 Å². The Morgan fingerprint density at radius 1 is 0.950 bits per heavy atom. The fraction of sp³-hybridized carbons (Fsp3) is 0.647. The Morgan fingerprint density at radius 3 is 2.35 bits per heavy atom. The fourth-order valence-corrected chi connectivity index (χ4v) is 2.64. The van der Waals surface area contributed by atoms with Gasteiger partial charge in [-0.1, -0.05) is 36.4 Å². The van der Waals surface area contributed by atoms with Crippen LogP contribution in [0.1, 0.15) is 31.2 Å². The summed E-state index contributed by atoms with van der Waals surface area (Å²) in [6, 6.07) is 11.9. The zero-order valence-electron chi connectivity index (χ0n) is 13.2. The van der Waals surface area contributed by atoms with E-state index < -0.39 is 0 Å². The molecule has 0 atom stereocenters. The lowest BCUT2D eigenvalue weighted by Gasteiger charge is -2.30. The molecular formula is C17H30N2Si+. The maximum atomic E-state index is 3.49. The van der Waals surface area contributed by atoms with Crippen molar-refractivity contribution in [1.82, 2.24) is 5.32 Å². The van der Waals surface area contributed by atoms with Gasteiger partial charge in [-0.25, -0.2) is 0 Å². The Morgan fingerprint density at radius 2 is 1.65 bits per heavy atom. The molecule has 0 aliphatic carbocycles. The van der Waals surface area contributed by atoms with Gasteiger partial charge in [0.25, 0.3) is 0 Å². The van der Waals surface area contributed by atoms with E-state index in [1.807, 2.05) is 0 Å². The summed E-state index contributed by atoms with van der Waals surface area (Å²) < 4.78 is 1.08. The van der Waals surface area contributed by atoms with Crippen LogP contribution in [0.3, 0.4) is 0 Å². The van der Waals surface area contributed by atoms with Crippen LogP contribution in [0.2, 0.25) is 6.04 Å². The smallest absolute Gasteiger partial charge is 0.104 e. The van der Waals surface area contributed by atoms with Gasteiger partial charge in [-0.2, -0.15) is 0 Å². The Balaban J connectivity index is 2.08. The molecule has 1 aromatic carbocycles. The standard InChI is InChI=1S/C17H30N2Si/c1-19(2,16-17-10-5-3-6-11-17)14-8-4-7-12-18-13-9-15-20/h3,5-6,10-11,18H,4,7-9,12-16H2,1-2H3/q+1. The van der Waals surface area contributed by atoms with Crippen molar-refractivity contribution < 1.29 is 4.48 Å². The van der Waals surface area contributed by atoms with Gasteiger partial charge < -0.3 is 9.80 Å². The molecule has 1 rings (SSSR count). The first-order valence-corrected chi connectivity index (χ1v) is 8.56. The van der Waals surface area contributed by atoms with Gasteiger partial charge >= 0.3 is 0 Å². The number of unbranched alkanes of at least 4 members (excludes halogenated alkanes) is 2. The van der Waals surface area contributed by atoms with E-state index in [4.69, 9.17) is 0 Å². The molecule has 0 aromatic heterocycles. The lowest BCUT2D eigenvalue weighted by Crippen LogP contribution is -2.39. The summed E-state index contributed by atoms with van der Waals surface area (Å²) in [4.78, 5) is 0. The molecular weight excluding hydrogens is 260 g/mol. The topological polar surface area (TPSA) is 12.0 Å². The summed E-state index contributed by atoms with van der Waals surface area (Å²) >= 11 is 0. The van der Waals surface area contributed by atoms with Gasteiger partial charge in [-0.15, -0.1) is 0 Å². The van der Waals surface area contributed by atoms with Crippen molar-refractivity contribution in [2.75, 3.05) is 33.7 Å². The van der Waals surface area contributed by atoms with E-state index in [2.05, 4.69) is 60.0 Å². The first-order chi connectivity index (χ1) is 9.64. The molecule has 2 nitrogen and oxygen atoms in total. The molecule has 3 radical (unpaired) electrons. The number of hydrogen-bond donors (Lipinski definition) is 1. The minimum absolute atomic E-state index is 1.08. The van der Waals surface area contributed by atoms with Crippen LogP contribution >= 0.6 is 0 Å². The van der Waals surface area contributed by atoms with Gasteiger partial charge in [-0.3, -0.25) is 0 Å². The Hall–Kier alpha value is -0.643. The third-order valence-corrected chi connectivity index (χ3v) is 3.95. The SMILES string of the molecule is C[N+](C)(CCCCCNCCC[Si])Cc1ccccc1. The maximum Gasteiger partial charge on any atom is 0.104 e. The van der Waals surface area contributed by atoms with E-state index in [1.165, 1.54) is 44.3 Å². The third kappa shape index (κ3) is 8.51. The van der Waals surface area contributed by atoms with Crippen molar-refractivity contribution in [2.45, 2.75) is 38.3 Å². The molecule has 0 unspecified atom stereocenters. The number of hydrogen-bond acceptors (Lipinski definition) is 1. The zero-order chi connectivity index (χ0) is 14.7. The number of rotatable bonds is 11. The highest BCUT2D eigenvalue weighted by Crippen LogP contribution is 2.11. The maximum absolute atomic E-state index is 3.49. The predicted octanol–water partition coefficient (Wildman–Crippen LogP) is 3.00. The van der Waals surface area contributed by atoms with Crippen molar-refractivity contribution in [3.63, 3.8) is 0 Å². The summed E-state index contributed by atoms with van der Waals surface area (Å²) in [7, 11) is 8.16. The minimum Gasteiger partial charge on any atom is -0.325 e. The minimum atomic E-state index is 1.08. The van der Waals surface area contributed by atoms with Crippen molar-refractivity contribution in [1.29, 1.82) is 0 Å². The molecule has 0 saturated heterocycles. The van der Waals surface area contributed by atoms with Gasteiger partial charge in [0, 0.05) is 15.8 Å². The molecule has 0 spiro atoms. The normalized spacial score (nSPS) is 11.8. The third-order valence-electron chi connectivity index (χ3n) is 3.60. The van der Waals surface area contributed by atoms with Gasteiger partial charge in [0.1, 0.15) is 6.54 Å². The first-order valence-electron chi connectivity index (χ1n) is 7.85. The van der Waals surface area contributed by atoms with Crippen LogP contribution in [0.5, 0.6) is 0 Å². The van der Waals surface area contributed by atoms with E-state index in [1.54, 1.807) is 0 Å². The highest BCUT2D eigenvalue weighted by Gasteiger charge is 2.14. The summed E-state index contributed by atoms with van der Waals surface area (Å²) in [5, 5.41) is 3.49. The number of quaternary nitrogens is 1. The van der Waals surface area contributed by atoms with Crippen molar-refractivity contribution in [3.05, 3.63) is 35.9 Å². The monoisotopic (exact) mass is 290 g/mol. The summed E-state index contributed by atoms with van der Waals surface area (Å²) in [6.45, 7) is 4.69. The quantitative estimate of drug-likeness (QED) is 0.375. The number of nitrogens with one attached hydrogen (secondary N) is 1. The predicted molar refractivity (Wildman–Crippen MR) is 89.0 cm³/mol. The molecule has 0 aliphatic rings. The summed E-state index contributed by atoms with van der Waals surface area (Å²) in [5.41, 5.74) is 1.44. The molecule has 20 heavy (non-hydrogen) atoms. The summed E-state index contributed by atoms with van der Waals surface area (Å²) in [6.07, 6.45) is 5.17. The molecule has 1 N–H and O–H groups in total. The molecule has 1 aromatic rings. The second-order valence-electron chi connectivity index (χ2n) is 6.22. The van der Waals surface area contributed by atoms with Crippen LogP contribution < -0.4 is 5.32 Å². The average molecular weight is 291 g/mol.